The smallest absolute Gasteiger partial charge is 0.318 e. The van der Waals surface area contributed by atoms with E-state index in [0.29, 0.717) is 6.54 Å². The first-order valence-corrected chi connectivity index (χ1v) is 7.48. The van der Waals surface area contributed by atoms with Crippen molar-refractivity contribution < 1.29 is 9.59 Å². The van der Waals surface area contributed by atoms with E-state index in [2.05, 4.69) is 24.1 Å². The van der Waals surface area contributed by atoms with E-state index in [4.69, 9.17) is 11.5 Å². The van der Waals surface area contributed by atoms with E-state index in [9.17, 15) is 9.59 Å². The van der Waals surface area contributed by atoms with E-state index in [1.54, 1.807) is 0 Å². The predicted molar refractivity (Wildman–Crippen MR) is 79.0 cm³/mol. The molecule has 0 atom stereocenters. The molecule has 6 nitrogen and oxygen atoms in total. The van der Waals surface area contributed by atoms with Crippen molar-refractivity contribution in [3.05, 3.63) is 0 Å². The highest BCUT2D eigenvalue weighted by Crippen LogP contribution is 2.35. The molecule has 3 amide bonds. The van der Waals surface area contributed by atoms with Gasteiger partial charge in [-0.2, -0.15) is 0 Å². The zero-order valence-corrected chi connectivity index (χ0v) is 12.7. The fourth-order valence-corrected chi connectivity index (χ4v) is 3.05. The summed E-state index contributed by atoms with van der Waals surface area (Å²) in [6.07, 6.45) is 5.23. The molecule has 0 unspecified atom stereocenters. The number of nitrogens with two attached hydrogens (primary N) is 2. The van der Waals surface area contributed by atoms with Gasteiger partial charge < -0.3 is 11.5 Å². The molecule has 116 valence electrons. The molecule has 6 heteroatoms. The molecule has 0 aromatic heterocycles. The molecule has 0 aromatic carbocycles. The molecule has 0 heterocycles. The number of carbonyl (C=O) groups is 2. The molecule has 1 rings (SSSR count). The summed E-state index contributed by atoms with van der Waals surface area (Å²) in [4.78, 5) is 24.7. The summed E-state index contributed by atoms with van der Waals surface area (Å²) in [5.74, 6) is 0.370. The highest BCUT2D eigenvalue weighted by atomic mass is 16.2. The summed E-state index contributed by atoms with van der Waals surface area (Å²) in [6, 6.07) is -0.800. The van der Waals surface area contributed by atoms with Crippen LogP contribution in [-0.4, -0.2) is 42.0 Å². The van der Waals surface area contributed by atoms with Gasteiger partial charge in [-0.05, 0) is 44.6 Å². The Hall–Kier alpha value is -1.14. The highest BCUT2D eigenvalue weighted by Gasteiger charge is 2.38. The molecule has 1 aliphatic rings. The molecule has 1 saturated carbocycles. The Morgan fingerprint density at radius 1 is 1.35 bits per heavy atom. The van der Waals surface area contributed by atoms with Gasteiger partial charge in [-0.3, -0.25) is 15.0 Å². The van der Waals surface area contributed by atoms with Gasteiger partial charge in [0, 0.05) is 12.1 Å². The Labute approximate surface area is 121 Å². The normalized spacial score (nSPS) is 26.5. The van der Waals surface area contributed by atoms with Crippen molar-refractivity contribution in [2.45, 2.75) is 51.5 Å². The minimum absolute atomic E-state index is 0.114. The maximum absolute atomic E-state index is 11.8. The Bertz CT molecular complexity index is 338. The maximum Gasteiger partial charge on any atom is 0.318 e. The number of carbonyl (C=O) groups excluding carboxylic acids is 2. The van der Waals surface area contributed by atoms with Crippen LogP contribution in [0, 0.1) is 5.92 Å². The van der Waals surface area contributed by atoms with E-state index < -0.39 is 6.03 Å². The van der Waals surface area contributed by atoms with Crippen LogP contribution in [-0.2, 0) is 4.79 Å². The molecule has 0 aromatic rings. The number of amides is 3. The molecule has 0 spiro atoms. The minimum atomic E-state index is -0.800. The Kier molecular flexibility index (Phi) is 6.42. The van der Waals surface area contributed by atoms with Crippen LogP contribution in [0.5, 0.6) is 0 Å². The molecule has 0 radical (unpaired) electrons. The third kappa shape index (κ3) is 4.45. The van der Waals surface area contributed by atoms with Gasteiger partial charge in [0.2, 0.25) is 5.91 Å². The van der Waals surface area contributed by atoms with E-state index >= 15 is 0 Å². The quantitative estimate of drug-likeness (QED) is 0.671. The first-order valence-electron chi connectivity index (χ1n) is 7.48. The van der Waals surface area contributed by atoms with E-state index in [0.717, 1.165) is 44.6 Å². The molecule has 0 saturated heterocycles. The number of nitrogens with zero attached hydrogens (tertiary/aromatic N) is 1. The van der Waals surface area contributed by atoms with Crippen LogP contribution in [0.3, 0.4) is 0 Å². The van der Waals surface area contributed by atoms with Gasteiger partial charge in [-0.1, -0.05) is 13.8 Å². The van der Waals surface area contributed by atoms with Gasteiger partial charge in [-0.15, -0.1) is 0 Å². The second-order valence-corrected chi connectivity index (χ2v) is 5.94. The number of primary amides is 1. The Balaban J connectivity index is 2.76. The van der Waals surface area contributed by atoms with Crippen LogP contribution in [0.15, 0.2) is 0 Å². The van der Waals surface area contributed by atoms with Crippen molar-refractivity contribution in [1.29, 1.82) is 0 Å². The topological polar surface area (TPSA) is 101 Å². The van der Waals surface area contributed by atoms with Crippen LogP contribution in [0.25, 0.3) is 0 Å². The Morgan fingerprint density at radius 3 is 2.40 bits per heavy atom. The number of urea groups is 1. The minimum Gasteiger partial charge on any atom is -0.351 e. The van der Waals surface area contributed by atoms with Gasteiger partial charge >= 0.3 is 6.03 Å². The van der Waals surface area contributed by atoms with Crippen molar-refractivity contribution in [3.63, 3.8) is 0 Å². The number of hydrogen-bond acceptors (Lipinski definition) is 4. The lowest BCUT2D eigenvalue weighted by Crippen LogP contribution is -2.58. The second kappa shape index (κ2) is 7.59. The summed E-state index contributed by atoms with van der Waals surface area (Å²) in [5.41, 5.74) is 10.9. The number of hydrogen-bond donors (Lipinski definition) is 3. The predicted octanol–water partition coefficient (Wildman–Crippen LogP) is 0.801. The van der Waals surface area contributed by atoms with Gasteiger partial charge in [0.05, 0.1) is 6.54 Å². The first-order chi connectivity index (χ1) is 9.43. The molecule has 20 heavy (non-hydrogen) atoms. The summed E-state index contributed by atoms with van der Waals surface area (Å²) < 4.78 is 0. The van der Waals surface area contributed by atoms with Crippen LogP contribution in [0.4, 0.5) is 4.79 Å². The third-order valence-corrected chi connectivity index (χ3v) is 4.35. The van der Waals surface area contributed by atoms with Crippen LogP contribution < -0.4 is 16.8 Å². The number of nitrogens with one attached hydrogen (secondary N) is 1. The van der Waals surface area contributed by atoms with Crippen LogP contribution in [0.2, 0.25) is 0 Å². The van der Waals surface area contributed by atoms with Crippen molar-refractivity contribution in [2.24, 2.45) is 17.4 Å². The second-order valence-electron chi connectivity index (χ2n) is 5.94. The fourth-order valence-electron chi connectivity index (χ4n) is 3.05. The summed E-state index contributed by atoms with van der Waals surface area (Å²) >= 11 is 0. The average molecular weight is 284 g/mol. The van der Waals surface area contributed by atoms with Gasteiger partial charge in [0.15, 0.2) is 0 Å². The molecule has 0 bridgehead atoms. The average Bonchev–Trinajstić information content (AvgIpc) is 2.39. The standard InChI is InChI=1S/C14H28N4O2/c1-3-8-18(9-12(19)17-13(16)20)14(10-15)6-4-11(2)5-7-14/h11H,3-10,15H2,1-2H3,(H3,16,17,19,20). The summed E-state index contributed by atoms with van der Waals surface area (Å²) in [7, 11) is 0. The van der Waals surface area contributed by atoms with Crippen LogP contribution >= 0.6 is 0 Å². The monoisotopic (exact) mass is 284 g/mol. The molecule has 5 N–H and O–H groups in total. The van der Waals surface area contributed by atoms with Crippen LogP contribution in [0.1, 0.15) is 46.0 Å². The molecule has 0 aliphatic heterocycles. The van der Waals surface area contributed by atoms with Crippen molar-refractivity contribution >= 4 is 11.9 Å². The lowest BCUT2D eigenvalue weighted by Gasteiger charge is -2.47. The zero-order valence-electron chi connectivity index (χ0n) is 12.7. The first kappa shape index (κ1) is 16.9. The number of imide groups is 1. The van der Waals surface area contributed by atoms with E-state index in [1.807, 2.05) is 0 Å². The van der Waals surface area contributed by atoms with Crippen molar-refractivity contribution in [2.75, 3.05) is 19.6 Å². The maximum atomic E-state index is 11.8. The van der Waals surface area contributed by atoms with Crippen molar-refractivity contribution in [1.82, 2.24) is 10.2 Å². The fraction of sp³-hybridized carbons (Fsp3) is 0.857. The largest absolute Gasteiger partial charge is 0.351 e. The van der Waals surface area contributed by atoms with Gasteiger partial charge in [-0.25, -0.2) is 4.79 Å². The third-order valence-electron chi connectivity index (χ3n) is 4.35. The number of rotatable bonds is 6. The zero-order chi connectivity index (χ0) is 15.2. The van der Waals surface area contributed by atoms with E-state index in [-0.39, 0.29) is 18.0 Å². The van der Waals surface area contributed by atoms with E-state index in [1.165, 1.54) is 0 Å². The van der Waals surface area contributed by atoms with Crippen molar-refractivity contribution in [3.8, 4) is 0 Å². The lowest BCUT2D eigenvalue weighted by molar-refractivity contribution is -0.123. The lowest BCUT2D eigenvalue weighted by atomic mass is 9.76. The summed E-state index contributed by atoms with van der Waals surface area (Å²) in [6.45, 7) is 5.86. The molecule has 1 fully saturated rings. The highest BCUT2D eigenvalue weighted by molar-refractivity contribution is 5.94. The Morgan fingerprint density at radius 2 is 1.95 bits per heavy atom. The van der Waals surface area contributed by atoms with Gasteiger partial charge in [0.25, 0.3) is 0 Å². The SMILES string of the molecule is CCCN(CC(=O)NC(N)=O)C1(CN)CCC(C)CC1. The molecular formula is C14H28N4O2. The molecular weight excluding hydrogens is 256 g/mol. The summed E-state index contributed by atoms with van der Waals surface area (Å²) in [5, 5.41) is 2.14. The molecule has 1 aliphatic carbocycles. The van der Waals surface area contributed by atoms with Gasteiger partial charge in [0.1, 0.15) is 0 Å².